The van der Waals surface area contributed by atoms with Gasteiger partial charge in [-0.3, -0.25) is 14.4 Å². The molecule has 1 fully saturated rings. The van der Waals surface area contributed by atoms with E-state index in [4.69, 9.17) is 5.73 Å². The summed E-state index contributed by atoms with van der Waals surface area (Å²) < 4.78 is 0. The number of para-hydroxylation sites is 1. The fourth-order valence-corrected chi connectivity index (χ4v) is 4.93. The Morgan fingerprint density at radius 3 is 2.45 bits per heavy atom. The Labute approximate surface area is 230 Å². The quantitative estimate of drug-likeness (QED) is 0.173. The second-order valence-corrected chi connectivity index (χ2v) is 9.87. The molecular formula is C28H33N5O7. The number of hydrogen-bond acceptors (Lipinski definition) is 7. The number of hydrogen-bond donors (Lipinski definition) is 7. The number of aromatic hydroxyl groups is 1. The summed E-state index contributed by atoms with van der Waals surface area (Å²) in [5, 5.41) is 34.7. The lowest BCUT2D eigenvalue weighted by molar-refractivity contribution is -0.143. The number of benzene rings is 2. The topological polar surface area (TPSA) is 198 Å². The van der Waals surface area contributed by atoms with Gasteiger partial charge in [0.25, 0.3) is 0 Å². The van der Waals surface area contributed by atoms with Gasteiger partial charge < -0.3 is 41.6 Å². The van der Waals surface area contributed by atoms with Crippen LogP contribution in [-0.2, 0) is 32.0 Å². The number of nitrogens with one attached hydrogen (secondary N) is 3. The van der Waals surface area contributed by atoms with Crippen LogP contribution in [0.4, 0.5) is 0 Å². The number of fused-ring (bicyclic) bond motifs is 1. The number of phenolic OH excluding ortho intramolecular Hbond substituents is 1. The number of aliphatic hydroxyl groups is 1. The first-order valence-electron chi connectivity index (χ1n) is 13.0. The maximum Gasteiger partial charge on any atom is 0.326 e. The molecule has 3 aromatic rings. The number of carbonyl (C=O) groups is 4. The molecule has 3 amide bonds. The highest BCUT2D eigenvalue weighted by Crippen LogP contribution is 2.21. The van der Waals surface area contributed by atoms with Crippen LogP contribution in [0.5, 0.6) is 5.75 Å². The molecule has 0 spiro atoms. The van der Waals surface area contributed by atoms with Gasteiger partial charge in [0.15, 0.2) is 0 Å². The molecule has 12 nitrogen and oxygen atoms in total. The first kappa shape index (κ1) is 28.6. The predicted molar refractivity (Wildman–Crippen MR) is 145 cm³/mol. The summed E-state index contributed by atoms with van der Waals surface area (Å²) in [6, 6.07) is 8.93. The highest BCUT2D eigenvalue weighted by molar-refractivity contribution is 5.95. The highest BCUT2D eigenvalue weighted by atomic mass is 16.4. The van der Waals surface area contributed by atoms with E-state index in [0.29, 0.717) is 18.4 Å². The van der Waals surface area contributed by atoms with Crippen LogP contribution >= 0.6 is 0 Å². The van der Waals surface area contributed by atoms with Crippen LogP contribution in [0.2, 0.25) is 0 Å². The predicted octanol–water partition coefficient (Wildman–Crippen LogP) is 0.0235. The van der Waals surface area contributed by atoms with E-state index in [9.17, 15) is 34.5 Å². The van der Waals surface area contributed by atoms with E-state index in [1.807, 2.05) is 24.3 Å². The number of aliphatic hydroxyl groups excluding tert-OH is 1. The van der Waals surface area contributed by atoms with Crippen LogP contribution in [0.1, 0.15) is 24.0 Å². The number of aliphatic carboxylic acids is 1. The van der Waals surface area contributed by atoms with Crippen LogP contribution in [0, 0.1) is 0 Å². The Morgan fingerprint density at radius 1 is 1.02 bits per heavy atom. The van der Waals surface area contributed by atoms with E-state index in [-0.39, 0.29) is 25.1 Å². The van der Waals surface area contributed by atoms with Crippen molar-refractivity contribution in [1.82, 2.24) is 20.5 Å². The van der Waals surface area contributed by atoms with E-state index in [0.717, 1.165) is 16.5 Å². The average Bonchev–Trinajstić information content (AvgIpc) is 3.60. The zero-order valence-corrected chi connectivity index (χ0v) is 21.7. The summed E-state index contributed by atoms with van der Waals surface area (Å²) in [6.07, 6.45) is 2.65. The van der Waals surface area contributed by atoms with E-state index >= 15 is 0 Å². The molecule has 0 aliphatic carbocycles. The minimum absolute atomic E-state index is 0.0283. The Bertz CT molecular complexity index is 1370. The normalized spacial score (nSPS) is 17.2. The van der Waals surface area contributed by atoms with Crippen molar-refractivity contribution in [3.8, 4) is 5.75 Å². The third-order valence-corrected chi connectivity index (χ3v) is 7.08. The fourth-order valence-electron chi connectivity index (χ4n) is 4.93. The molecule has 40 heavy (non-hydrogen) atoms. The fraction of sp³-hybridized carbons (Fsp3) is 0.357. The van der Waals surface area contributed by atoms with Crippen molar-refractivity contribution in [2.45, 2.75) is 49.9 Å². The van der Waals surface area contributed by atoms with E-state index in [1.54, 1.807) is 18.3 Å². The Hall–Kier alpha value is -4.42. The summed E-state index contributed by atoms with van der Waals surface area (Å²) in [5.74, 6) is -3.06. The van der Waals surface area contributed by atoms with Crippen molar-refractivity contribution in [3.63, 3.8) is 0 Å². The van der Waals surface area contributed by atoms with Gasteiger partial charge in [-0.2, -0.15) is 0 Å². The zero-order chi connectivity index (χ0) is 28.8. The number of carbonyl (C=O) groups excluding carboxylic acids is 3. The molecule has 4 atom stereocenters. The maximum absolute atomic E-state index is 13.5. The number of carboxylic acids is 1. The molecule has 0 bridgehead atoms. The maximum atomic E-state index is 13.5. The van der Waals surface area contributed by atoms with Crippen molar-refractivity contribution < 1.29 is 34.5 Å². The molecule has 0 unspecified atom stereocenters. The van der Waals surface area contributed by atoms with E-state index < -0.39 is 54.5 Å². The average molecular weight is 552 g/mol. The Kier molecular flexibility index (Phi) is 9.02. The number of rotatable bonds is 11. The molecule has 12 heteroatoms. The lowest BCUT2D eigenvalue weighted by Crippen LogP contribution is -2.57. The molecule has 1 saturated heterocycles. The monoisotopic (exact) mass is 551 g/mol. The standard InChI is InChI=1S/C28H33N5O7/c29-20(15-34)27(38)33-11-3-6-24(33)26(37)31-22(13-17-14-30-21-5-2-1-4-19(17)21)25(36)32-23(28(39)40)12-16-7-9-18(35)10-8-16/h1-2,4-5,7-10,14,20,22-24,30,34-35H,3,6,11-13,15,29H2,(H,31,37)(H,32,36)(H,39,40)/t20-,22-,23-,24-/m0/s1. The van der Waals surface area contributed by atoms with Gasteiger partial charge in [-0.1, -0.05) is 30.3 Å². The number of phenols is 1. The molecular weight excluding hydrogens is 518 g/mol. The van der Waals surface area contributed by atoms with Crippen LogP contribution < -0.4 is 16.4 Å². The Morgan fingerprint density at radius 2 is 1.75 bits per heavy atom. The van der Waals surface area contributed by atoms with Crippen molar-refractivity contribution in [2.75, 3.05) is 13.2 Å². The summed E-state index contributed by atoms with van der Waals surface area (Å²) in [5.41, 5.74) is 7.86. The number of nitrogens with two attached hydrogens (primary N) is 1. The number of likely N-dealkylation sites (tertiary alicyclic amines) is 1. The SMILES string of the molecule is N[C@@H](CO)C(=O)N1CCC[C@H]1C(=O)N[C@@H](Cc1c[nH]c2ccccc12)C(=O)N[C@@H](Cc1ccc(O)cc1)C(=O)O. The van der Waals surface area contributed by atoms with Gasteiger partial charge in [0.2, 0.25) is 17.7 Å². The van der Waals surface area contributed by atoms with Crippen LogP contribution in [-0.4, -0.2) is 86.2 Å². The van der Waals surface area contributed by atoms with Gasteiger partial charge in [-0.05, 0) is 42.2 Å². The molecule has 1 aliphatic heterocycles. The lowest BCUT2D eigenvalue weighted by Gasteiger charge is -2.28. The van der Waals surface area contributed by atoms with Gasteiger partial charge in [0.05, 0.1) is 6.61 Å². The molecule has 2 heterocycles. The summed E-state index contributed by atoms with van der Waals surface area (Å²) in [6.45, 7) is -0.273. The Balaban J connectivity index is 1.56. The van der Waals surface area contributed by atoms with Crippen molar-refractivity contribution in [1.29, 1.82) is 0 Å². The van der Waals surface area contributed by atoms with E-state index in [2.05, 4.69) is 15.6 Å². The minimum atomic E-state index is -1.30. The molecule has 4 rings (SSSR count). The van der Waals surface area contributed by atoms with Crippen LogP contribution in [0.3, 0.4) is 0 Å². The number of aromatic amines is 1. The number of H-pyrrole nitrogens is 1. The molecule has 0 radical (unpaired) electrons. The zero-order valence-electron chi connectivity index (χ0n) is 21.7. The smallest absolute Gasteiger partial charge is 0.326 e. The van der Waals surface area contributed by atoms with Gasteiger partial charge in [-0.15, -0.1) is 0 Å². The first-order chi connectivity index (χ1) is 19.2. The lowest BCUT2D eigenvalue weighted by atomic mass is 10.0. The van der Waals surface area contributed by atoms with Gasteiger partial charge in [0.1, 0.15) is 29.9 Å². The van der Waals surface area contributed by atoms with Crippen molar-refractivity contribution in [3.05, 3.63) is 65.9 Å². The summed E-state index contributed by atoms with van der Waals surface area (Å²) in [4.78, 5) is 56.0. The van der Waals surface area contributed by atoms with Crippen LogP contribution in [0.15, 0.2) is 54.7 Å². The largest absolute Gasteiger partial charge is 0.508 e. The molecule has 8 N–H and O–H groups in total. The summed E-state index contributed by atoms with van der Waals surface area (Å²) in [7, 11) is 0. The first-order valence-corrected chi connectivity index (χ1v) is 13.0. The summed E-state index contributed by atoms with van der Waals surface area (Å²) >= 11 is 0. The van der Waals surface area contributed by atoms with Crippen molar-refractivity contribution in [2.24, 2.45) is 5.73 Å². The second-order valence-electron chi connectivity index (χ2n) is 9.87. The van der Waals surface area contributed by atoms with Gasteiger partial charge in [-0.25, -0.2) is 4.79 Å². The van der Waals surface area contributed by atoms with Crippen LogP contribution in [0.25, 0.3) is 10.9 Å². The molecule has 2 aromatic carbocycles. The molecule has 1 aromatic heterocycles. The molecule has 1 aliphatic rings. The van der Waals surface area contributed by atoms with Gasteiger partial charge in [0, 0.05) is 36.5 Å². The third-order valence-electron chi connectivity index (χ3n) is 7.08. The minimum Gasteiger partial charge on any atom is -0.508 e. The number of nitrogens with zero attached hydrogens (tertiary/aromatic N) is 1. The van der Waals surface area contributed by atoms with Crippen molar-refractivity contribution >= 4 is 34.6 Å². The van der Waals surface area contributed by atoms with Gasteiger partial charge >= 0.3 is 5.97 Å². The molecule has 0 saturated carbocycles. The highest BCUT2D eigenvalue weighted by Gasteiger charge is 2.38. The number of carboxylic acid groups (broad SMARTS) is 1. The molecule has 212 valence electrons. The van der Waals surface area contributed by atoms with E-state index in [1.165, 1.54) is 17.0 Å². The number of aromatic nitrogens is 1. The number of amides is 3. The third kappa shape index (κ3) is 6.58. The second kappa shape index (κ2) is 12.6.